The van der Waals surface area contributed by atoms with Gasteiger partial charge in [-0.1, -0.05) is 11.6 Å². The quantitative estimate of drug-likeness (QED) is 0.571. The first-order valence-corrected chi connectivity index (χ1v) is 12.1. The van der Waals surface area contributed by atoms with Crippen LogP contribution in [0.25, 0.3) is 5.65 Å². The molecule has 1 N–H and O–H groups in total. The standard InChI is InChI=1S/C25H27ClFN5O3/c1-15-11-18(14-35-2)29-22-19(13-28-32(15)22)23(33)30-17-5-7-25(8-6-17)9-10-31(24(25)34)21-4-3-16(27)12-20(21)26/h3-4,11-13,17H,5-10,14H2,1-2H3,(H,30,33)/t17-,25-. The smallest absolute Gasteiger partial charge is 0.256 e. The minimum absolute atomic E-state index is 0.0313. The second-order valence-electron chi connectivity index (χ2n) is 9.45. The summed E-state index contributed by atoms with van der Waals surface area (Å²) in [4.78, 5) is 32.7. The fourth-order valence-electron chi connectivity index (χ4n) is 5.35. The molecule has 1 aromatic carbocycles. The molecule has 2 amide bonds. The number of rotatable bonds is 5. The first-order chi connectivity index (χ1) is 16.8. The normalized spacial score (nSPS) is 22.3. The van der Waals surface area contributed by atoms with E-state index >= 15 is 0 Å². The van der Waals surface area contributed by atoms with E-state index in [1.165, 1.54) is 18.3 Å². The molecule has 184 valence electrons. The molecule has 0 radical (unpaired) electrons. The molecule has 2 aromatic heterocycles. The molecule has 35 heavy (non-hydrogen) atoms. The van der Waals surface area contributed by atoms with Gasteiger partial charge in [-0.2, -0.15) is 5.10 Å². The lowest BCUT2D eigenvalue weighted by molar-refractivity contribution is -0.127. The van der Waals surface area contributed by atoms with Crippen LogP contribution in [0.1, 0.15) is 53.8 Å². The Morgan fingerprint density at radius 2 is 2.06 bits per heavy atom. The van der Waals surface area contributed by atoms with Gasteiger partial charge < -0.3 is 15.0 Å². The van der Waals surface area contributed by atoms with E-state index in [0.29, 0.717) is 55.7 Å². The van der Waals surface area contributed by atoms with Gasteiger partial charge in [0, 0.05) is 25.4 Å². The van der Waals surface area contributed by atoms with Crippen LogP contribution in [0.15, 0.2) is 30.5 Å². The molecule has 0 unspecified atom stereocenters. The Balaban J connectivity index is 1.26. The number of aromatic nitrogens is 3. The van der Waals surface area contributed by atoms with Gasteiger partial charge >= 0.3 is 0 Å². The van der Waals surface area contributed by atoms with Crippen LogP contribution in [0.2, 0.25) is 5.02 Å². The summed E-state index contributed by atoms with van der Waals surface area (Å²) in [5.41, 5.74) is 2.61. The third kappa shape index (κ3) is 4.27. The van der Waals surface area contributed by atoms with Gasteiger partial charge in [-0.05, 0) is 63.3 Å². The minimum atomic E-state index is -0.461. The lowest BCUT2D eigenvalue weighted by Crippen LogP contribution is -2.44. The average molecular weight is 500 g/mol. The minimum Gasteiger partial charge on any atom is -0.378 e. The number of fused-ring (bicyclic) bond motifs is 1. The van der Waals surface area contributed by atoms with Crippen molar-refractivity contribution in [2.45, 2.75) is 51.7 Å². The monoisotopic (exact) mass is 499 g/mol. The summed E-state index contributed by atoms with van der Waals surface area (Å²) in [6, 6.07) is 5.96. The number of benzene rings is 1. The molecule has 0 atom stereocenters. The number of ether oxygens (including phenoxy) is 1. The SMILES string of the molecule is COCc1cc(C)n2ncc(C(=O)N[C@H]3CC[C@@]4(CCN(c5ccc(F)cc5Cl)C4=O)CC3)c2n1. The van der Waals surface area contributed by atoms with Crippen molar-refractivity contribution >= 4 is 34.7 Å². The van der Waals surface area contributed by atoms with Crippen LogP contribution in [-0.4, -0.2) is 46.1 Å². The summed E-state index contributed by atoms with van der Waals surface area (Å²) in [6.07, 6.45) is 5.01. The summed E-state index contributed by atoms with van der Waals surface area (Å²) in [6.45, 7) is 2.81. The van der Waals surface area contributed by atoms with Crippen LogP contribution < -0.4 is 10.2 Å². The van der Waals surface area contributed by atoms with Crippen molar-refractivity contribution in [2.75, 3.05) is 18.6 Å². The Kier molecular flexibility index (Phi) is 6.23. The third-order valence-corrected chi connectivity index (χ3v) is 7.53. The number of nitrogens with zero attached hydrogens (tertiary/aromatic N) is 4. The van der Waals surface area contributed by atoms with Crippen LogP contribution in [0, 0.1) is 18.2 Å². The average Bonchev–Trinajstić information content (AvgIpc) is 3.38. The molecule has 1 saturated heterocycles. The number of hydrogen-bond acceptors (Lipinski definition) is 5. The topological polar surface area (TPSA) is 88.8 Å². The summed E-state index contributed by atoms with van der Waals surface area (Å²) in [7, 11) is 1.60. The van der Waals surface area contributed by atoms with Crippen LogP contribution in [0.5, 0.6) is 0 Å². The molecule has 3 heterocycles. The highest BCUT2D eigenvalue weighted by Gasteiger charge is 2.49. The van der Waals surface area contributed by atoms with Gasteiger partial charge in [0.25, 0.3) is 5.91 Å². The van der Waals surface area contributed by atoms with Crippen LogP contribution in [-0.2, 0) is 16.1 Å². The van der Waals surface area contributed by atoms with E-state index in [0.717, 1.165) is 17.8 Å². The van der Waals surface area contributed by atoms with Crippen molar-refractivity contribution in [3.8, 4) is 0 Å². The van der Waals surface area contributed by atoms with Crippen molar-refractivity contribution in [1.29, 1.82) is 0 Å². The fraction of sp³-hybridized carbons (Fsp3) is 0.440. The highest BCUT2D eigenvalue weighted by Crippen LogP contribution is 2.47. The Hall–Kier alpha value is -3.04. The van der Waals surface area contributed by atoms with Crippen LogP contribution in [0.3, 0.4) is 0 Å². The molecule has 5 rings (SSSR count). The van der Waals surface area contributed by atoms with Gasteiger partial charge in [-0.15, -0.1) is 0 Å². The second-order valence-corrected chi connectivity index (χ2v) is 9.85. The third-order valence-electron chi connectivity index (χ3n) is 7.23. The molecule has 8 nitrogen and oxygen atoms in total. The lowest BCUT2D eigenvalue weighted by Gasteiger charge is -2.36. The van der Waals surface area contributed by atoms with E-state index in [1.807, 2.05) is 13.0 Å². The number of halogens is 2. The van der Waals surface area contributed by atoms with E-state index in [-0.39, 0.29) is 22.9 Å². The zero-order valence-electron chi connectivity index (χ0n) is 19.7. The van der Waals surface area contributed by atoms with Crippen LogP contribution in [0.4, 0.5) is 10.1 Å². The number of amides is 2. The molecule has 1 aliphatic carbocycles. The van der Waals surface area contributed by atoms with E-state index < -0.39 is 11.2 Å². The number of hydrogen-bond donors (Lipinski definition) is 1. The molecule has 3 aromatic rings. The molecule has 1 saturated carbocycles. The largest absolute Gasteiger partial charge is 0.378 e. The maximum absolute atomic E-state index is 13.5. The van der Waals surface area contributed by atoms with Gasteiger partial charge in [-0.3, -0.25) is 9.59 Å². The maximum Gasteiger partial charge on any atom is 0.256 e. The van der Waals surface area contributed by atoms with E-state index in [4.69, 9.17) is 16.3 Å². The van der Waals surface area contributed by atoms with Gasteiger partial charge in [0.2, 0.25) is 5.91 Å². The van der Waals surface area contributed by atoms with E-state index in [2.05, 4.69) is 15.4 Å². The predicted octanol–water partition coefficient (Wildman–Crippen LogP) is 4.07. The van der Waals surface area contributed by atoms with Gasteiger partial charge in [0.15, 0.2) is 5.65 Å². The van der Waals surface area contributed by atoms with Crippen molar-refractivity contribution < 1.29 is 18.7 Å². The Bertz CT molecular complexity index is 1300. The molecule has 1 spiro atoms. The Morgan fingerprint density at radius 3 is 2.77 bits per heavy atom. The number of anilines is 1. The first kappa shape index (κ1) is 23.7. The van der Waals surface area contributed by atoms with Crippen molar-refractivity contribution in [2.24, 2.45) is 5.41 Å². The number of carbonyl (C=O) groups excluding carboxylic acids is 2. The Morgan fingerprint density at radius 1 is 1.29 bits per heavy atom. The predicted molar refractivity (Wildman–Crippen MR) is 129 cm³/mol. The number of methoxy groups -OCH3 is 1. The Labute approximate surface area is 207 Å². The molecule has 2 aliphatic rings. The second kappa shape index (κ2) is 9.20. The summed E-state index contributed by atoms with van der Waals surface area (Å²) >= 11 is 6.21. The van der Waals surface area contributed by atoms with Crippen molar-refractivity contribution in [3.63, 3.8) is 0 Å². The summed E-state index contributed by atoms with van der Waals surface area (Å²) in [5, 5.41) is 7.67. The first-order valence-electron chi connectivity index (χ1n) is 11.7. The van der Waals surface area contributed by atoms with Gasteiger partial charge in [0.05, 0.1) is 34.6 Å². The summed E-state index contributed by atoms with van der Waals surface area (Å²) < 4.78 is 20.3. The fourth-order valence-corrected chi connectivity index (χ4v) is 5.62. The van der Waals surface area contributed by atoms with E-state index in [1.54, 1.807) is 22.6 Å². The zero-order chi connectivity index (χ0) is 24.7. The molecular formula is C25H27ClFN5O3. The molecule has 10 heteroatoms. The van der Waals surface area contributed by atoms with Crippen molar-refractivity contribution in [1.82, 2.24) is 19.9 Å². The lowest BCUT2D eigenvalue weighted by atomic mass is 9.71. The van der Waals surface area contributed by atoms with E-state index in [9.17, 15) is 14.0 Å². The molecular weight excluding hydrogens is 473 g/mol. The van der Waals surface area contributed by atoms with Crippen LogP contribution >= 0.6 is 11.6 Å². The summed E-state index contributed by atoms with van der Waals surface area (Å²) in [5.74, 6) is -0.619. The highest BCUT2D eigenvalue weighted by atomic mass is 35.5. The van der Waals surface area contributed by atoms with Gasteiger partial charge in [-0.25, -0.2) is 13.9 Å². The molecule has 2 fully saturated rings. The number of nitrogens with one attached hydrogen (secondary N) is 1. The number of aryl methyl sites for hydroxylation is 1. The maximum atomic E-state index is 13.5. The van der Waals surface area contributed by atoms with Crippen molar-refractivity contribution in [3.05, 3.63) is 58.3 Å². The van der Waals surface area contributed by atoms with Gasteiger partial charge in [0.1, 0.15) is 11.4 Å². The highest BCUT2D eigenvalue weighted by molar-refractivity contribution is 6.34. The number of carbonyl (C=O) groups is 2. The molecule has 1 aliphatic heterocycles. The molecule has 0 bridgehead atoms. The zero-order valence-corrected chi connectivity index (χ0v) is 20.4.